The fourth-order valence-corrected chi connectivity index (χ4v) is 1.21. The average molecular weight is 216 g/mol. The Morgan fingerprint density at radius 1 is 1.44 bits per heavy atom. The van der Waals surface area contributed by atoms with E-state index in [1.807, 2.05) is 0 Å². The molecule has 1 aromatic carbocycles. The standard InChI is InChI=1S/C12H12N2O2/c1-2-3-8-13-12(16)10-6-4-5-7-11(10)14-9-15/h1,4-7,9H,3,8H2,(H,13,16)(H,14,15). The average Bonchev–Trinajstić information content (AvgIpc) is 2.30. The molecule has 4 heteroatoms. The number of carbonyl (C=O) groups is 2. The van der Waals surface area contributed by atoms with Gasteiger partial charge < -0.3 is 10.6 Å². The van der Waals surface area contributed by atoms with E-state index in [4.69, 9.17) is 6.42 Å². The Bertz CT molecular complexity index is 421. The van der Waals surface area contributed by atoms with E-state index in [1.165, 1.54) is 0 Å². The SMILES string of the molecule is C#CCCNC(=O)c1ccccc1NC=O. The highest BCUT2D eigenvalue weighted by atomic mass is 16.1. The number of hydrogen-bond acceptors (Lipinski definition) is 2. The smallest absolute Gasteiger partial charge is 0.253 e. The third kappa shape index (κ3) is 3.14. The van der Waals surface area contributed by atoms with Crippen molar-refractivity contribution in [3.63, 3.8) is 0 Å². The molecule has 0 atom stereocenters. The van der Waals surface area contributed by atoms with E-state index in [9.17, 15) is 9.59 Å². The summed E-state index contributed by atoms with van der Waals surface area (Å²) in [5.74, 6) is 2.18. The topological polar surface area (TPSA) is 58.2 Å². The highest BCUT2D eigenvalue weighted by molar-refractivity contribution is 6.01. The predicted octanol–water partition coefficient (Wildman–Crippen LogP) is 1.01. The molecular formula is C12H12N2O2. The van der Waals surface area contributed by atoms with Crippen LogP contribution < -0.4 is 10.6 Å². The fourth-order valence-electron chi connectivity index (χ4n) is 1.21. The van der Waals surface area contributed by atoms with Crippen molar-refractivity contribution in [2.75, 3.05) is 11.9 Å². The highest BCUT2D eigenvalue weighted by Crippen LogP contribution is 2.13. The third-order valence-electron chi connectivity index (χ3n) is 1.94. The van der Waals surface area contributed by atoms with Crippen LogP contribution in [-0.4, -0.2) is 18.9 Å². The number of anilines is 1. The zero-order chi connectivity index (χ0) is 11.8. The monoisotopic (exact) mass is 216 g/mol. The van der Waals surface area contributed by atoms with Crippen LogP contribution in [0.5, 0.6) is 0 Å². The second-order valence-corrected chi connectivity index (χ2v) is 3.02. The summed E-state index contributed by atoms with van der Waals surface area (Å²) in [4.78, 5) is 22.0. The Morgan fingerprint density at radius 3 is 2.88 bits per heavy atom. The van der Waals surface area contributed by atoms with E-state index in [2.05, 4.69) is 16.6 Å². The molecular weight excluding hydrogens is 204 g/mol. The Labute approximate surface area is 94.0 Å². The van der Waals surface area contributed by atoms with Gasteiger partial charge in [-0.25, -0.2) is 0 Å². The van der Waals surface area contributed by atoms with E-state index in [-0.39, 0.29) is 5.91 Å². The predicted molar refractivity (Wildman–Crippen MR) is 61.9 cm³/mol. The molecule has 2 amide bonds. The molecule has 0 aromatic heterocycles. The summed E-state index contributed by atoms with van der Waals surface area (Å²) in [6.45, 7) is 0.421. The first-order chi connectivity index (χ1) is 7.79. The Balaban J connectivity index is 2.74. The second-order valence-electron chi connectivity index (χ2n) is 3.02. The number of rotatable bonds is 5. The molecule has 0 aliphatic heterocycles. The zero-order valence-corrected chi connectivity index (χ0v) is 8.69. The summed E-state index contributed by atoms with van der Waals surface area (Å²) in [7, 11) is 0. The lowest BCUT2D eigenvalue weighted by molar-refractivity contribution is -0.105. The van der Waals surface area contributed by atoms with Gasteiger partial charge in [-0.2, -0.15) is 0 Å². The van der Waals surface area contributed by atoms with Crippen molar-refractivity contribution >= 4 is 18.0 Å². The summed E-state index contributed by atoms with van der Waals surface area (Å²) < 4.78 is 0. The molecule has 82 valence electrons. The fraction of sp³-hybridized carbons (Fsp3) is 0.167. The largest absolute Gasteiger partial charge is 0.351 e. The van der Waals surface area contributed by atoms with Gasteiger partial charge in [-0.05, 0) is 12.1 Å². The number of nitrogens with one attached hydrogen (secondary N) is 2. The summed E-state index contributed by atoms with van der Waals surface area (Å²) in [5, 5.41) is 5.13. The van der Waals surface area contributed by atoms with Crippen LogP contribution in [0.1, 0.15) is 16.8 Å². The molecule has 0 saturated heterocycles. The zero-order valence-electron chi connectivity index (χ0n) is 8.69. The van der Waals surface area contributed by atoms with E-state index in [0.717, 1.165) is 0 Å². The highest BCUT2D eigenvalue weighted by Gasteiger charge is 2.08. The lowest BCUT2D eigenvalue weighted by atomic mass is 10.1. The van der Waals surface area contributed by atoms with Crippen molar-refractivity contribution in [3.05, 3.63) is 29.8 Å². The van der Waals surface area contributed by atoms with Crippen molar-refractivity contribution in [2.24, 2.45) is 0 Å². The lowest BCUT2D eigenvalue weighted by Gasteiger charge is -2.07. The van der Waals surface area contributed by atoms with Crippen LogP contribution in [0.25, 0.3) is 0 Å². The van der Waals surface area contributed by atoms with Crippen LogP contribution in [-0.2, 0) is 4.79 Å². The Hall–Kier alpha value is -2.28. The minimum absolute atomic E-state index is 0.250. The summed E-state index contributed by atoms with van der Waals surface area (Å²) in [6, 6.07) is 6.76. The maximum absolute atomic E-state index is 11.7. The molecule has 1 rings (SSSR count). The minimum atomic E-state index is -0.250. The van der Waals surface area contributed by atoms with Crippen LogP contribution >= 0.6 is 0 Å². The van der Waals surface area contributed by atoms with Crippen molar-refractivity contribution in [2.45, 2.75) is 6.42 Å². The molecule has 16 heavy (non-hydrogen) atoms. The summed E-state index contributed by atoms with van der Waals surface area (Å²) >= 11 is 0. The normalized spacial score (nSPS) is 8.94. The van der Waals surface area contributed by atoms with Crippen LogP contribution in [0.2, 0.25) is 0 Å². The molecule has 0 aliphatic rings. The first-order valence-corrected chi connectivity index (χ1v) is 4.80. The maximum atomic E-state index is 11.7. The molecule has 0 radical (unpaired) electrons. The van der Waals surface area contributed by atoms with Gasteiger partial charge in [0.05, 0.1) is 11.3 Å². The van der Waals surface area contributed by atoms with E-state index in [0.29, 0.717) is 30.6 Å². The van der Waals surface area contributed by atoms with E-state index < -0.39 is 0 Å². The molecule has 0 heterocycles. The Kier molecular flexibility index (Phi) is 4.61. The molecule has 1 aromatic rings. The molecule has 0 bridgehead atoms. The quantitative estimate of drug-likeness (QED) is 0.438. The number of terminal acetylenes is 1. The van der Waals surface area contributed by atoms with Gasteiger partial charge in [0, 0.05) is 13.0 Å². The van der Waals surface area contributed by atoms with Crippen molar-refractivity contribution in [1.29, 1.82) is 0 Å². The van der Waals surface area contributed by atoms with Crippen LogP contribution in [0.3, 0.4) is 0 Å². The first kappa shape index (κ1) is 11.8. The van der Waals surface area contributed by atoms with Crippen LogP contribution in [0.15, 0.2) is 24.3 Å². The van der Waals surface area contributed by atoms with E-state index in [1.54, 1.807) is 24.3 Å². The minimum Gasteiger partial charge on any atom is -0.351 e. The number of carbonyl (C=O) groups excluding carboxylic acids is 2. The van der Waals surface area contributed by atoms with Gasteiger partial charge >= 0.3 is 0 Å². The number of benzene rings is 1. The van der Waals surface area contributed by atoms with Gasteiger partial charge in [0.15, 0.2) is 0 Å². The van der Waals surface area contributed by atoms with Crippen molar-refractivity contribution in [3.8, 4) is 12.3 Å². The van der Waals surface area contributed by atoms with Crippen molar-refractivity contribution in [1.82, 2.24) is 5.32 Å². The number of amides is 2. The number of para-hydroxylation sites is 1. The molecule has 0 spiro atoms. The van der Waals surface area contributed by atoms with Gasteiger partial charge in [-0.1, -0.05) is 12.1 Å². The second kappa shape index (κ2) is 6.25. The van der Waals surface area contributed by atoms with Crippen LogP contribution in [0.4, 0.5) is 5.69 Å². The third-order valence-corrected chi connectivity index (χ3v) is 1.94. The molecule has 4 nitrogen and oxygen atoms in total. The molecule has 0 unspecified atom stereocenters. The molecule has 2 N–H and O–H groups in total. The maximum Gasteiger partial charge on any atom is 0.253 e. The molecule has 0 saturated carbocycles. The van der Waals surface area contributed by atoms with Crippen LogP contribution in [0, 0.1) is 12.3 Å². The number of hydrogen-bond donors (Lipinski definition) is 2. The van der Waals surface area contributed by atoms with Gasteiger partial charge in [-0.15, -0.1) is 12.3 Å². The lowest BCUT2D eigenvalue weighted by Crippen LogP contribution is -2.25. The van der Waals surface area contributed by atoms with Gasteiger partial charge in [-0.3, -0.25) is 9.59 Å². The summed E-state index contributed by atoms with van der Waals surface area (Å²) in [5.41, 5.74) is 0.905. The van der Waals surface area contributed by atoms with E-state index >= 15 is 0 Å². The van der Waals surface area contributed by atoms with Gasteiger partial charge in [0.25, 0.3) is 5.91 Å². The Morgan fingerprint density at radius 2 is 2.19 bits per heavy atom. The summed E-state index contributed by atoms with van der Waals surface area (Å²) in [6.07, 6.45) is 6.09. The van der Waals surface area contributed by atoms with Crippen molar-refractivity contribution < 1.29 is 9.59 Å². The van der Waals surface area contributed by atoms with Gasteiger partial charge in [0.2, 0.25) is 6.41 Å². The van der Waals surface area contributed by atoms with Gasteiger partial charge in [0.1, 0.15) is 0 Å². The molecule has 0 aliphatic carbocycles. The molecule has 0 fully saturated rings. The first-order valence-electron chi connectivity index (χ1n) is 4.80.